The van der Waals surface area contributed by atoms with Crippen molar-refractivity contribution >= 4 is 11.8 Å². The van der Waals surface area contributed by atoms with Crippen LogP contribution in [-0.2, 0) is 29.1 Å². The van der Waals surface area contributed by atoms with Crippen molar-refractivity contribution in [3.05, 3.63) is 83.4 Å². The summed E-state index contributed by atoms with van der Waals surface area (Å²) in [7, 11) is 0. The number of nitrogens with one attached hydrogen (secondary N) is 1. The van der Waals surface area contributed by atoms with Crippen LogP contribution in [0.15, 0.2) is 66.7 Å². The largest absolute Gasteiger partial charge is 0.349 e. The topological polar surface area (TPSA) is 75.4 Å². The van der Waals surface area contributed by atoms with Crippen LogP contribution >= 0.6 is 0 Å². The van der Waals surface area contributed by atoms with Crippen LogP contribution in [0.1, 0.15) is 37.0 Å². The van der Waals surface area contributed by atoms with Crippen LogP contribution in [0.5, 0.6) is 0 Å². The second kappa shape index (κ2) is 10.2. The maximum absolute atomic E-state index is 12.7. The van der Waals surface area contributed by atoms with Crippen LogP contribution in [0, 0.1) is 5.92 Å². The molecule has 2 aromatic rings. The lowest BCUT2D eigenvalue weighted by molar-refractivity contribution is -0.127. The highest BCUT2D eigenvalue weighted by atomic mass is 16.2. The Morgan fingerprint density at radius 1 is 1.03 bits per heavy atom. The molecule has 3 rings (SSSR count). The normalized spacial score (nSPS) is 15.3. The van der Waals surface area contributed by atoms with E-state index < -0.39 is 6.04 Å². The first-order chi connectivity index (χ1) is 14.4. The summed E-state index contributed by atoms with van der Waals surface area (Å²) in [5, 5.41) is 3.01. The van der Waals surface area contributed by atoms with Gasteiger partial charge >= 0.3 is 0 Å². The fourth-order valence-electron chi connectivity index (χ4n) is 3.56. The fraction of sp³-hybridized carbons (Fsp3) is 0.360. The molecule has 0 radical (unpaired) electrons. The van der Waals surface area contributed by atoms with Crippen molar-refractivity contribution in [2.75, 3.05) is 0 Å². The Kier molecular flexibility index (Phi) is 7.41. The Balaban J connectivity index is 1.64. The maximum atomic E-state index is 12.7. The quantitative estimate of drug-likeness (QED) is 0.663. The Morgan fingerprint density at radius 3 is 2.23 bits per heavy atom. The first kappa shape index (κ1) is 21.8. The zero-order valence-electron chi connectivity index (χ0n) is 17.8. The van der Waals surface area contributed by atoms with Gasteiger partial charge in [0.1, 0.15) is 0 Å². The average Bonchev–Trinajstić information content (AvgIpc) is 3.19. The van der Waals surface area contributed by atoms with Crippen LogP contribution in [0.3, 0.4) is 0 Å². The van der Waals surface area contributed by atoms with Gasteiger partial charge in [0.25, 0.3) is 0 Å². The molecule has 0 aliphatic carbocycles. The van der Waals surface area contributed by atoms with E-state index in [1.165, 1.54) is 16.7 Å². The molecular formula is C25H31N3O2. The lowest BCUT2D eigenvalue weighted by atomic mass is 10.0. The minimum absolute atomic E-state index is 0.0432. The predicted octanol–water partition coefficient (Wildman–Crippen LogP) is 3.19. The molecule has 5 nitrogen and oxygen atoms in total. The number of carbonyl (C=O) groups is 2. The van der Waals surface area contributed by atoms with Gasteiger partial charge in [0.2, 0.25) is 11.8 Å². The van der Waals surface area contributed by atoms with E-state index in [0.717, 1.165) is 6.42 Å². The van der Waals surface area contributed by atoms with Crippen LogP contribution < -0.4 is 11.1 Å². The van der Waals surface area contributed by atoms with Gasteiger partial charge in [0, 0.05) is 25.2 Å². The van der Waals surface area contributed by atoms with E-state index in [-0.39, 0.29) is 23.8 Å². The molecule has 3 N–H and O–H groups in total. The number of fused-ring (bicyclic) bond motifs is 1. The zero-order valence-corrected chi connectivity index (χ0v) is 17.8. The van der Waals surface area contributed by atoms with E-state index in [2.05, 4.69) is 29.6 Å². The molecule has 2 atom stereocenters. The van der Waals surface area contributed by atoms with Gasteiger partial charge in [-0.25, -0.2) is 0 Å². The molecule has 2 aromatic carbocycles. The molecule has 1 aliphatic heterocycles. The molecule has 0 unspecified atom stereocenters. The number of amides is 2. The highest BCUT2D eigenvalue weighted by molar-refractivity contribution is 5.88. The van der Waals surface area contributed by atoms with Gasteiger partial charge in [-0.3, -0.25) is 9.59 Å². The second-order valence-corrected chi connectivity index (χ2v) is 8.23. The summed E-state index contributed by atoms with van der Waals surface area (Å²) < 4.78 is 0. The van der Waals surface area contributed by atoms with Crippen molar-refractivity contribution in [3.63, 3.8) is 0 Å². The van der Waals surface area contributed by atoms with Crippen molar-refractivity contribution in [2.45, 2.75) is 51.9 Å². The molecule has 0 bridgehead atoms. The lowest BCUT2D eigenvalue weighted by Gasteiger charge is -2.21. The number of hydrogen-bond donors (Lipinski definition) is 2. The first-order valence-corrected chi connectivity index (χ1v) is 10.6. The monoisotopic (exact) mass is 405 g/mol. The van der Waals surface area contributed by atoms with Crippen LogP contribution in [0.4, 0.5) is 0 Å². The molecule has 0 saturated heterocycles. The zero-order chi connectivity index (χ0) is 21.5. The summed E-state index contributed by atoms with van der Waals surface area (Å²) in [4.78, 5) is 27.0. The molecule has 2 amide bonds. The molecule has 30 heavy (non-hydrogen) atoms. The van der Waals surface area contributed by atoms with E-state index in [1.54, 1.807) is 12.2 Å². The third-order valence-corrected chi connectivity index (χ3v) is 5.56. The van der Waals surface area contributed by atoms with Crippen molar-refractivity contribution < 1.29 is 9.59 Å². The minimum atomic E-state index is -0.568. The number of aryl methyl sites for hydroxylation is 1. The molecule has 0 aromatic heterocycles. The summed E-state index contributed by atoms with van der Waals surface area (Å²) in [6, 6.07) is 17.4. The molecule has 0 spiro atoms. The van der Waals surface area contributed by atoms with Crippen molar-refractivity contribution in [1.82, 2.24) is 10.2 Å². The number of nitrogens with zero attached hydrogens (tertiary/aromatic N) is 1. The Morgan fingerprint density at radius 2 is 1.63 bits per heavy atom. The Hall–Kier alpha value is -2.92. The second-order valence-electron chi connectivity index (χ2n) is 8.23. The number of nitrogens with two attached hydrogens (primary N) is 1. The summed E-state index contributed by atoms with van der Waals surface area (Å²) in [6.45, 7) is 5.10. The van der Waals surface area contributed by atoms with Gasteiger partial charge in [-0.05, 0) is 35.4 Å². The Bertz CT molecular complexity index is 867. The van der Waals surface area contributed by atoms with E-state index in [4.69, 9.17) is 5.73 Å². The van der Waals surface area contributed by atoms with Crippen molar-refractivity contribution in [2.24, 2.45) is 11.7 Å². The van der Waals surface area contributed by atoms with E-state index in [9.17, 15) is 9.59 Å². The van der Waals surface area contributed by atoms with Gasteiger partial charge in [-0.2, -0.15) is 0 Å². The maximum Gasteiger partial charge on any atom is 0.246 e. The van der Waals surface area contributed by atoms with Gasteiger partial charge in [0.15, 0.2) is 0 Å². The number of hydrogen-bond acceptors (Lipinski definition) is 3. The van der Waals surface area contributed by atoms with E-state index >= 15 is 0 Å². The summed E-state index contributed by atoms with van der Waals surface area (Å²) in [6.07, 6.45) is 4.89. The van der Waals surface area contributed by atoms with Crippen molar-refractivity contribution in [3.8, 4) is 0 Å². The van der Waals surface area contributed by atoms with Crippen molar-refractivity contribution in [1.29, 1.82) is 0 Å². The highest BCUT2D eigenvalue weighted by Crippen LogP contribution is 2.22. The van der Waals surface area contributed by atoms with Crippen LogP contribution in [0.2, 0.25) is 0 Å². The van der Waals surface area contributed by atoms with Crippen LogP contribution in [-0.4, -0.2) is 28.8 Å². The van der Waals surface area contributed by atoms with Gasteiger partial charge < -0.3 is 16.0 Å². The highest BCUT2D eigenvalue weighted by Gasteiger charge is 2.22. The van der Waals surface area contributed by atoms with Gasteiger partial charge in [-0.15, -0.1) is 0 Å². The average molecular weight is 406 g/mol. The molecule has 1 aliphatic rings. The van der Waals surface area contributed by atoms with Gasteiger partial charge in [0.05, 0.1) is 6.04 Å². The van der Waals surface area contributed by atoms with E-state index in [1.807, 2.05) is 49.1 Å². The smallest absolute Gasteiger partial charge is 0.246 e. The third kappa shape index (κ3) is 5.80. The third-order valence-electron chi connectivity index (χ3n) is 5.56. The standard InChI is InChI=1S/C25H31N3O2/c1-18(2)24(26)25(30)27-22(13-12-19-8-4-3-5-9-19)14-15-23(29)28-16-20-10-6-7-11-21(20)17-28/h3-11,14-15,18,22,24H,12-13,16-17,26H2,1-2H3,(H,27,30)/t22-,24-/m0/s1. The van der Waals surface area contributed by atoms with Crippen LogP contribution in [0.25, 0.3) is 0 Å². The first-order valence-electron chi connectivity index (χ1n) is 10.6. The molecule has 0 fully saturated rings. The Labute approximate surface area is 179 Å². The molecular weight excluding hydrogens is 374 g/mol. The number of benzene rings is 2. The minimum Gasteiger partial charge on any atom is -0.349 e. The van der Waals surface area contributed by atoms with Gasteiger partial charge in [-0.1, -0.05) is 74.5 Å². The molecule has 5 heteroatoms. The molecule has 158 valence electrons. The summed E-state index contributed by atoms with van der Waals surface area (Å²) >= 11 is 0. The number of carbonyl (C=O) groups excluding carboxylic acids is 2. The van der Waals surface area contributed by atoms with E-state index in [0.29, 0.717) is 19.5 Å². The SMILES string of the molecule is CC(C)[C@H](N)C(=O)N[C@H](C=CC(=O)N1Cc2ccccc2C1)CCc1ccccc1. The summed E-state index contributed by atoms with van der Waals surface area (Å²) in [5.41, 5.74) is 9.58. The fourth-order valence-corrected chi connectivity index (χ4v) is 3.56. The molecule has 0 saturated carbocycles. The summed E-state index contributed by atoms with van der Waals surface area (Å²) in [5.74, 6) is -0.180. The molecule has 1 heterocycles. The lowest BCUT2D eigenvalue weighted by Crippen LogP contribution is -2.47. The number of rotatable bonds is 8. The predicted molar refractivity (Wildman–Crippen MR) is 119 cm³/mol.